The summed E-state index contributed by atoms with van der Waals surface area (Å²) in [6.45, 7) is 1.27. The van der Waals surface area contributed by atoms with Crippen LogP contribution in [0.3, 0.4) is 0 Å². The van der Waals surface area contributed by atoms with E-state index in [0.29, 0.717) is 0 Å². The molecule has 100 valence electrons. The van der Waals surface area contributed by atoms with Gasteiger partial charge in [-0.15, -0.1) is 13.2 Å². The SMILES string of the molecule is Cc1c(OC(F)(F)F)cnc(CN)c1CC(=O)O. The lowest BCUT2D eigenvalue weighted by Gasteiger charge is -2.15. The molecule has 0 atom stereocenters. The van der Waals surface area contributed by atoms with E-state index in [2.05, 4.69) is 9.72 Å². The summed E-state index contributed by atoms with van der Waals surface area (Å²) in [5.74, 6) is -1.70. The summed E-state index contributed by atoms with van der Waals surface area (Å²) in [5, 5.41) is 8.70. The van der Waals surface area contributed by atoms with E-state index in [1.807, 2.05) is 0 Å². The summed E-state index contributed by atoms with van der Waals surface area (Å²) < 4.78 is 40.1. The number of nitrogens with two attached hydrogens (primary N) is 1. The number of nitrogens with zero attached hydrogens (tertiary/aromatic N) is 1. The largest absolute Gasteiger partial charge is 0.573 e. The highest BCUT2D eigenvalue weighted by molar-refractivity contribution is 5.71. The van der Waals surface area contributed by atoms with Gasteiger partial charge in [-0.3, -0.25) is 9.78 Å². The Balaban J connectivity index is 3.20. The molecule has 1 aromatic rings. The first-order chi connectivity index (χ1) is 8.24. The molecular weight excluding hydrogens is 253 g/mol. The van der Waals surface area contributed by atoms with Crippen LogP contribution in [-0.2, 0) is 17.8 Å². The fraction of sp³-hybridized carbons (Fsp3) is 0.400. The zero-order chi connectivity index (χ0) is 13.9. The molecule has 0 bridgehead atoms. The van der Waals surface area contributed by atoms with Crippen molar-refractivity contribution in [2.45, 2.75) is 26.3 Å². The Morgan fingerprint density at radius 3 is 2.61 bits per heavy atom. The average Bonchev–Trinajstić information content (AvgIpc) is 2.22. The quantitative estimate of drug-likeness (QED) is 0.857. The minimum atomic E-state index is -4.85. The summed E-state index contributed by atoms with van der Waals surface area (Å²) in [5.41, 5.74) is 5.81. The Labute approximate surface area is 100 Å². The second-order valence-corrected chi connectivity index (χ2v) is 3.50. The van der Waals surface area contributed by atoms with Gasteiger partial charge in [-0.1, -0.05) is 0 Å². The zero-order valence-electron chi connectivity index (χ0n) is 9.41. The highest BCUT2D eigenvalue weighted by atomic mass is 19.4. The Morgan fingerprint density at radius 2 is 2.17 bits per heavy atom. The molecule has 0 aliphatic rings. The van der Waals surface area contributed by atoms with Crippen LogP contribution in [0, 0.1) is 6.92 Å². The van der Waals surface area contributed by atoms with Crippen molar-refractivity contribution in [1.29, 1.82) is 0 Å². The predicted molar refractivity (Wildman–Crippen MR) is 54.9 cm³/mol. The molecule has 0 radical (unpaired) electrons. The van der Waals surface area contributed by atoms with Crippen molar-refractivity contribution in [3.8, 4) is 5.75 Å². The molecule has 0 amide bonds. The van der Waals surface area contributed by atoms with Crippen LogP contribution in [0.1, 0.15) is 16.8 Å². The molecule has 1 aromatic heterocycles. The molecule has 0 unspecified atom stereocenters. The van der Waals surface area contributed by atoms with E-state index in [9.17, 15) is 18.0 Å². The van der Waals surface area contributed by atoms with Crippen LogP contribution in [0.25, 0.3) is 0 Å². The first-order valence-electron chi connectivity index (χ1n) is 4.89. The highest BCUT2D eigenvalue weighted by Crippen LogP contribution is 2.28. The molecular formula is C10H11F3N2O3. The number of aliphatic carboxylic acids is 1. The number of halogens is 3. The molecule has 18 heavy (non-hydrogen) atoms. The summed E-state index contributed by atoms with van der Waals surface area (Å²) in [6.07, 6.45) is -4.42. The van der Waals surface area contributed by atoms with Gasteiger partial charge >= 0.3 is 12.3 Å². The van der Waals surface area contributed by atoms with Crippen molar-refractivity contribution >= 4 is 5.97 Å². The number of carbonyl (C=O) groups is 1. The number of carboxylic acids is 1. The lowest BCUT2D eigenvalue weighted by molar-refractivity contribution is -0.275. The smallest absolute Gasteiger partial charge is 0.481 e. The molecule has 0 aromatic carbocycles. The molecule has 1 heterocycles. The van der Waals surface area contributed by atoms with Crippen LogP contribution < -0.4 is 10.5 Å². The van der Waals surface area contributed by atoms with Gasteiger partial charge in [0.05, 0.1) is 18.3 Å². The Bertz CT molecular complexity index is 460. The molecule has 0 saturated carbocycles. The Hall–Kier alpha value is -1.83. The topological polar surface area (TPSA) is 85.4 Å². The van der Waals surface area contributed by atoms with Crippen molar-refractivity contribution in [3.05, 3.63) is 23.0 Å². The van der Waals surface area contributed by atoms with E-state index in [0.717, 1.165) is 6.20 Å². The molecule has 0 aliphatic heterocycles. The number of alkyl halides is 3. The second kappa shape index (κ2) is 5.21. The highest BCUT2D eigenvalue weighted by Gasteiger charge is 2.32. The van der Waals surface area contributed by atoms with Crippen LogP contribution in [-0.4, -0.2) is 22.4 Å². The second-order valence-electron chi connectivity index (χ2n) is 3.50. The van der Waals surface area contributed by atoms with Gasteiger partial charge in [0.2, 0.25) is 0 Å². The number of ether oxygens (including phenoxy) is 1. The summed E-state index contributed by atoms with van der Waals surface area (Å²) in [6, 6.07) is 0. The number of hydrogen-bond acceptors (Lipinski definition) is 4. The van der Waals surface area contributed by atoms with Gasteiger partial charge in [0.15, 0.2) is 5.75 Å². The minimum absolute atomic E-state index is 0.0598. The van der Waals surface area contributed by atoms with Crippen LogP contribution in [0.4, 0.5) is 13.2 Å². The van der Waals surface area contributed by atoms with E-state index in [1.165, 1.54) is 6.92 Å². The van der Waals surface area contributed by atoms with Gasteiger partial charge in [0.25, 0.3) is 0 Å². The maximum Gasteiger partial charge on any atom is 0.573 e. The average molecular weight is 264 g/mol. The first-order valence-corrected chi connectivity index (χ1v) is 4.89. The summed E-state index contributed by atoms with van der Waals surface area (Å²) in [4.78, 5) is 14.3. The Kier molecular flexibility index (Phi) is 4.12. The summed E-state index contributed by atoms with van der Waals surface area (Å²) >= 11 is 0. The van der Waals surface area contributed by atoms with Gasteiger partial charge in [-0.05, 0) is 18.1 Å². The maximum absolute atomic E-state index is 12.1. The van der Waals surface area contributed by atoms with E-state index in [1.54, 1.807) is 0 Å². The third kappa shape index (κ3) is 3.59. The maximum atomic E-state index is 12.1. The lowest BCUT2D eigenvalue weighted by Crippen LogP contribution is -2.19. The first kappa shape index (κ1) is 14.2. The summed E-state index contributed by atoms with van der Waals surface area (Å²) in [7, 11) is 0. The van der Waals surface area contributed by atoms with Crippen molar-refractivity contribution in [2.75, 3.05) is 0 Å². The third-order valence-corrected chi connectivity index (χ3v) is 2.26. The number of aromatic nitrogens is 1. The van der Waals surface area contributed by atoms with Crippen LogP contribution >= 0.6 is 0 Å². The Morgan fingerprint density at radius 1 is 1.56 bits per heavy atom. The van der Waals surface area contributed by atoms with Crippen LogP contribution in [0.15, 0.2) is 6.20 Å². The monoisotopic (exact) mass is 264 g/mol. The van der Waals surface area contributed by atoms with Crippen molar-refractivity contribution in [2.24, 2.45) is 5.73 Å². The molecule has 0 spiro atoms. The zero-order valence-corrected chi connectivity index (χ0v) is 9.41. The van der Waals surface area contributed by atoms with Gasteiger partial charge in [0, 0.05) is 6.54 Å². The fourth-order valence-corrected chi connectivity index (χ4v) is 1.47. The van der Waals surface area contributed by atoms with E-state index in [4.69, 9.17) is 10.8 Å². The number of rotatable bonds is 4. The van der Waals surface area contributed by atoms with Crippen molar-refractivity contribution in [3.63, 3.8) is 0 Å². The standard InChI is InChI=1S/C10H11F3N2O3/c1-5-6(2-9(16)17)7(3-14)15-4-8(5)18-10(11,12)13/h4H,2-3,14H2,1H3,(H,16,17). The molecule has 0 saturated heterocycles. The third-order valence-electron chi connectivity index (χ3n) is 2.26. The van der Waals surface area contributed by atoms with Crippen molar-refractivity contribution in [1.82, 2.24) is 4.98 Å². The number of pyridine rings is 1. The van der Waals surface area contributed by atoms with Gasteiger partial charge < -0.3 is 15.6 Å². The molecule has 5 nitrogen and oxygen atoms in total. The molecule has 1 rings (SSSR count). The number of carboxylic acid groups (broad SMARTS) is 1. The van der Waals surface area contributed by atoms with Gasteiger partial charge in [-0.2, -0.15) is 0 Å². The normalized spacial score (nSPS) is 11.4. The van der Waals surface area contributed by atoms with Crippen molar-refractivity contribution < 1.29 is 27.8 Å². The van der Waals surface area contributed by atoms with E-state index < -0.39 is 24.5 Å². The van der Waals surface area contributed by atoms with Crippen LogP contribution in [0.5, 0.6) is 5.75 Å². The fourth-order valence-electron chi connectivity index (χ4n) is 1.47. The van der Waals surface area contributed by atoms with Gasteiger partial charge in [0.1, 0.15) is 0 Å². The van der Waals surface area contributed by atoms with E-state index in [-0.39, 0.29) is 23.4 Å². The number of hydrogen-bond donors (Lipinski definition) is 2. The molecule has 0 aliphatic carbocycles. The van der Waals surface area contributed by atoms with Crippen LogP contribution in [0.2, 0.25) is 0 Å². The molecule has 3 N–H and O–H groups in total. The minimum Gasteiger partial charge on any atom is -0.481 e. The molecule has 0 fully saturated rings. The van der Waals surface area contributed by atoms with E-state index >= 15 is 0 Å². The lowest BCUT2D eigenvalue weighted by atomic mass is 10.0. The predicted octanol–water partition coefficient (Wildman–Crippen LogP) is 1.37. The van der Waals surface area contributed by atoms with Gasteiger partial charge in [-0.25, -0.2) is 0 Å². The molecule has 8 heteroatoms.